The number of hydrogen-bond acceptors (Lipinski definition) is 6. The highest BCUT2D eigenvalue weighted by atomic mass is 32.2. The van der Waals surface area contributed by atoms with Crippen LogP contribution in [0.1, 0.15) is 49.3 Å². The van der Waals surface area contributed by atoms with Gasteiger partial charge in [-0.05, 0) is 36.6 Å². The molecule has 3 rings (SSSR count). The number of halogens is 3. The van der Waals surface area contributed by atoms with Crippen molar-refractivity contribution >= 4 is 15.8 Å². The molecule has 154 valence electrons. The van der Waals surface area contributed by atoms with Crippen molar-refractivity contribution in [3.63, 3.8) is 0 Å². The first kappa shape index (κ1) is 20.9. The molecule has 0 atom stereocenters. The van der Waals surface area contributed by atoms with Crippen LogP contribution in [-0.2, 0) is 10.1 Å². The summed E-state index contributed by atoms with van der Waals surface area (Å²) in [6, 6.07) is 9.69. The molecule has 1 aromatic carbocycles. The minimum absolute atomic E-state index is 0.0556. The maximum absolute atomic E-state index is 12.8. The lowest BCUT2D eigenvalue weighted by Crippen LogP contribution is -2.29. The van der Waals surface area contributed by atoms with E-state index in [-0.39, 0.29) is 17.0 Å². The number of nitriles is 1. The maximum atomic E-state index is 12.8. The van der Waals surface area contributed by atoms with Gasteiger partial charge in [-0.15, -0.1) is 0 Å². The summed E-state index contributed by atoms with van der Waals surface area (Å²) >= 11 is 0. The molecule has 1 heterocycles. The van der Waals surface area contributed by atoms with Crippen molar-refractivity contribution in [2.75, 3.05) is 5.73 Å². The number of benzene rings is 1. The molecule has 0 aliphatic heterocycles. The van der Waals surface area contributed by atoms with Gasteiger partial charge in [0.15, 0.2) is 0 Å². The smallest absolute Gasteiger partial charge is 0.399 e. The van der Waals surface area contributed by atoms with Crippen LogP contribution in [0.15, 0.2) is 30.3 Å². The summed E-state index contributed by atoms with van der Waals surface area (Å²) in [5.74, 6) is -0.917. The molecule has 0 saturated heterocycles. The normalized spacial score (nSPS) is 15.7. The molecule has 1 saturated carbocycles. The molecule has 0 radical (unpaired) electrons. The van der Waals surface area contributed by atoms with Crippen LogP contribution in [0.3, 0.4) is 0 Å². The zero-order valence-corrected chi connectivity index (χ0v) is 16.1. The summed E-state index contributed by atoms with van der Waals surface area (Å²) in [6.07, 6.45) is 4.45. The third kappa shape index (κ3) is 4.45. The van der Waals surface area contributed by atoms with E-state index in [1.165, 1.54) is 0 Å². The fraction of sp³-hybridized carbons (Fsp3) is 0.368. The van der Waals surface area contributed by atoms with Gasteiger partial charge in [-0.1, -0.05) is 31.4 Å². The van der Waals surface area contributed by atoms with E-state index < -0.39 is 21.5 Å². The van der Waals surface area contributed by atoms with E-state index >= 15 is 0 Å². The lowest BCUT2D eigenvalue weighted by Gasteiger charge is -2.23. The molecule has 6 nitrogen and oxygen atoms in total. The van der Waals surface area contributed by atoms with Gasteiger partial charge in [0.2, 0.25) is 0 Å². The van der Waals surface area contributed by atoms with Crippen LogP contribution in [0.2, 0.25) is 0 Å². The van der Waals surface area contributed by atoms with Crippen molar-refractivity contribution in [3.05, 3.63) is 41.6 Å². The van der Waals surface area contributed by atoms with Gasteiger partial charge in [0.1, 0.15) is 11.6 Å². The number of nitrogens with two attached hydrogens (primary N) is 1. The molecule has 1 aromatic heterocycles. The van der Waals surface area contributed by atoms with Crippen molar-refractivity contribution in [3.8, 4) is 23.1 Å². The second-order valence-electron chi connectivity index (χ2n) is 6.83. The van der Waals surface area contributed by atoms with Gasteiger partial charge in [-0.3, -0.25) is 0 Å². The van der Waals surface area contributed by atoms with Gasteiger partial charge in [0, 0.05) is 22.9 Å². The minimum atomic E-state index is -5.97. The Balaban J connectivity index is 2.18. The highest BCUT2D eigenvalue weighted by Crippen LogP contribution is 2.38. The highest BCUT2D eigenvalue weighted by molar-refractivity contribution is 7.87. The van der Waals surface area contributed by atoms with Gasteiger partial charge in [-0.25, -0.2) is 4.98 Å². The number of anilines is 1. The predicted octanol–water partition coefficient (Wildman–Crippen LogP) is 4.48. The molecule has 1 aliphatic rings. The molecule has 29 heavy (non-hydrogen) atoms. The summed E-state index contributed by atoms with van der Waals surface area (Å²) in [4.78, 5) is 4.02. The van der Waals surface area contributed by atoms with Crippen LogP contribution in [0.4, 0.5) is 18.9 Å². The molecule has 0 amide bonds. The second kappa shape index (κ2) is 7.91. The number of alkyl halides is 3. The van der Waals surface area contributed by atoms with Gasteiger partial charge >= 0.3 is 15.6 Å². The Bertz CT molecular complexity index is 1040. The molecule has 2 N–H and O–H groups in total. The molecular formula is C19H18F3N3O3S. The molecular weight excluding hydrogens is 407 g/mol. The standard InChI is InChI=1S/C19H18F3N3O3S/c20-19(21,22)29(26,27)28-18-16(11-23)15(12-6-8-14(24)9-7-12)10-17(25-18)13-4-2-1-3-5-13/h6-10,13H,1-5,24H2. The number of nitrogens with zero attached hydrogens (tertiary/aromatic N) is 2. The monoisotopic (exact) mass is 425 g/mol. The molecule has 2 aromatic rings. The molecule has 1 fully saturated rings. The van der Waals surface area contributed by atoms with Crippen molar-refractivity contribution in [2.24, 2.45) is 0 Å². The summed E-state index contributed by atoms with van der Waals surface area (Å²) in [6.45, 7) is 0. The number of aromatic nitrogens is 1. The largest absolute Gasteiger partial charge is 0.534 e. The van der Waals surface area contributed by atoms with Crippen molar-refractivity contribution < 1.29 is 25.8 Å². The molecule has 0 bridgehead atoms. The van der Waals surface area contributed by atoms with E-state index in [0.717, 1.165) is 32.1 Å². The Morgan fingerprint density at radius 2 is 1.76 bits per heavy atom. The van der Waals surface area contributed by atoms with E-state index in [1.807, 2.05) is 0 Å². The van der Waals surface area contributed by atoms with Crippen LogP contribution in [0.25, 0.3) is 11.1 Å². The number of nitrogen functional groups attached to an aromatic ring is 1. The Morgan fingerprint density at radius 3 is 2.31 bits per heavy atom. The first-order valence-corrected chi connectivity index (χ1v) is 10.3. The van der Waals surface area contributed by atoms with Gasteiger partial charge in [0.25, 0.3) is 5.88 Å². The first-order chi connectivity index (χ1) is 13.6. The van der Waals surface area contributed by atoms with Crippen LogP contribution in [0.5, 0.6) is 5.88 Å². The van der Waals surface area contributed by atoms with E-state index in [9.17, 15) is 26.9 Å². The Morgan fingerprint density at radius 1 is 1.14 bits per heavy atom. The SMILES string of the molecule is N#Cc1c(-c2ccc(N)cc2)cc(C2CCCCC2)nc1OS(=O)(=O)C(F)(F)F. The van der Waals surface area contributed by atoms with E-state index in [4.69, 9.17) is 5.73 Å². The average Bonchev–Trinajstić information content (AvgIpc) is 2.67. The Kier molecular flexibility index (Phi) is 5.71. The third-order valence-corrected chi connectivity index (χ3v) is 5.78. The van der Waals surface area contributed by atoms with Crippen molar-refractivity contribution in [1.82, 2.24) is 4.98 Å². The van der Waals surface area contributed by atoms with Crippen molar-refractivity contribution in [2.45, 2.75) is 43.5 Å². The van der Waals surface area contributed by atoms with Crippen LogP contribution in [-0.4, -0.2) is 18.9 Å². The lowest BCUT2D eigenvalue weighted by atomic mass is 9.85. The van der Waals surface area contributed by atoms with E-state index in [2.05, 4.69) is 9.17 Å². The van der Waals surface area contributed by atoms with Gasteiger partial charge in [-0.2, -0.15) is 26.9 Å². The molecule has 1 aliphatic carbocycles. The predicted molar refractivity (Wildman–Crippen MR) is 100 cm³/mol. The molecule has 0 unspecified atom stereocenters. The summed E-state index contributed by atoms with van der Waals surface area (Å²) < 4.78 is 65.9. The van der Waals surface area contributed by atoms with Crippen LogP contribution < -0.4 is 9.92 Å². The van der Waals surface area contributed by atoms with Crippen LogP contribution >= 0.6 is 0 Å². The fourth-order valence-electron chi connectivity index (χ4n) is 3.36. The summed E-state index contributed by atoms with van der Waals surface area (Å²) in [5, 5.41) is 9.55. The molecule has 10 heteroatoms. The minimum Gasteiger partial charge on any atom is -0.399 e. The van der Waals surface area contributed by atoms with E-state index in [0.29, 0.717) is 16.9 Å². The first-order valence-electron chi connectivity index (χ1n) is 8.94. The summed E-state index contributed by atoms with van der Waals surface area (Å²) in [5.41, 5.74) is 1.26. The quantitative estimate of drug-likeness (QED) is 0.440. The Labute approximate surface area is 166 Å². The van der Waals surface area contributed by atoms with Crippen molar-refractivity contribution in [1.29, 1.82) is 5.26 Å². The van der Waals surface area contributed by atoms with Gasteiger partial charge < -0.3 is 9.92 Å². The Hall–Kier alpha value is -2.80. The van der Waals surface area contributed by atoms with Crippen LogP contribution in [0, 0.1) is 11.3 Å². The highest BCUT2D eigenvalue weighted by Gasteiger charge is 2.49. The lowest BCUT2D eigenvalue weighted by molar-refractivity contribution is -0.0501. The van der Waals surface area contributed by atoms with Gasteiger partial charge in [0.05, 0.1) is 0 Å². The fourth-order valence-corrected chi connectivity index (χ4v) is 3.78. The topological polar surface area (TPSA) is 106 Å². The second-order valence-corrected chi connectivity index (χ2v) is 8.36. The third-order valence-electron chi connectivity index (χ3n) is 4.84. The van der Waals surface area contributed by atoms with E-state index in [1.54, 1.807) is 36.4 Å². The number of rotatable bonds is 4. The number of hydrogen-bond donors (Lipinski definition) is 1. The zero-order valence-electron chi connectivity index (χ0n) is 15.2. The number of pyridine rings is 1. The maximum Gasteiger partial charge on any atom is 0.534 e. The summed E-state index contributed by atoms with van der Waals surface area (Å²) in [7, 11) is -5.97. The average molecular weight is 425 g/mol. The zero-order chi connectivity index (χ0) is 21.2. The molecule has 0 spiro atoms.